The van der Waals surface area contributed by atoms with Gasteiger partial charge >= 0.3 is 379 Å². The molecule has 0 unspecified atom stereocenters. The zero-order valence-electron chi connectivity index (χ0n) is 36.3. The van der Waals surface area contributed by atoms with Crippen LogP contribution in [0.1, 0.15) is 0 Å². The average Bonchev–Trinajstić information content (AvgIpc) is 3.22. The Balaban J connectivity index is 2.08. The van der Waals surface area contributed by atoms with E-state index >= 15 is 0 Å². The Morgan fingerprint density at radius 2 is 0.817 bits per heavy atom. The van der Waals surface area contributed by atoms with Crippen molar-refractivity contribution in [2.45, 2.75) is 58.9 Å². The summed E-state index contributed by atoms with van der Waals surface area (Å²) >= 11 is -1.37. The van der Waals surface area contributed by atoms with Gasteiger partial charge < -0.3 is 0 Å². The average molecular weight is 1020 g/mol. The standard InChI is InChI=1S/C47H57Ge2N3O2P3Si3/c1-58(2,3)52-57(44-36-24-14-25-37-44,45-38-26-15-27-39-45)47(49(54-60(7,8)9)51-55(40-28-16-10-17-29-40)41-30-18-11-19-31-41)56(42-32-20-12-21-33-42,43-34-22-13-23-35-43)50-46(48)53-59(4,5)6/h10-39H,1-9H3/q+1/b49-47-. The van der Waals surface area contributed by atoms with Crippen molar-refractivity contribution >= 4 is 118 Å². The van der Waals surface area contributed by atoms with Crippen molar-refractivity contribution < 1.29 is 7.88 Å². The van der Waals surface area contributed by atoms with Crippen molar-refractivity contribution in [3.05, 3.63) is 182 Å². The van der Waals surface area contributed by atoms with Crippen LogP contribution < -0.4 is 31.8 Å². The van der Waals surface area contributed by atoms with E-state index in [0.717, 1.165) is 10.6 Å². The van der Waals surface area contributed by atoms with E-state index in [1.54, 1.807) is 0 Å². The van der Waals surface area contributed by atoms with Crippen LogP contribution in [-0.2, 0) is 7.88 Å². The van der Waals surface area contributed by atoms with Gasteiger partial charge in [0, 0.05) is 0 Å². The maximum atomic E-state index is 8.00. The molecule has 2 radical (unpaired) electrons. The Morgan fingerprint density at radius 3 is 1.13 bits per heavy atom. The van der Waals surface area contributed by atoms with Crippen molar-refractivity contribution in [3.63, 3.8) is 0 Å². The Morgan fingerprint density at radius 1 is 0.483 bits per heavy atom. The molecule has 0 saturated heterocycles. The van der Waals surface area contributed by atoms with Crippen molar-refractivity contribution in [1.82, 2.24) is 0 Å². The van der Waals surface area contributed by atoms with Gasteiger partial charge in [0.1, 0.15) is 0 Å². The number of benzene rings is 6. The van der Waals surface area contributed by atoms with Crippen LogP contribution >= 0.6 is 21.8 Å². The summed E-state index contributed by atoms with van der Waals surface area (Å²) in [6, 6.07) is 66.2. The Kier molecular flexibility index (Phi) is 15.5. The number of hydrogen-bond donors (Lipinski definition) is 0. The molecule has 0 saturated carbocycles. The van der Waals surface area contributed by atoms with Gasteiger partial charge in [0.05, 0.1) is 0 Å². The molecule has 0 atom stereocenters. The van der Waals surface area contributed by atoms with E-state index in [-0.39, 0.29) is 0 Å². The van der Waals surface area contributed by atoms with Crippen LogP contribution in [0.5, 0.6) is 0 Å². The fourth-order valence-corrected chi connectivity index (χ4v) is 45.7. The summed E-state index contributed by atoms with van der Waals surface area (Å²) in [6.45, 7) is 20.9. The van der Waals surface area contributed by atoms with Gasteiger partial charge in [-0.25, -0.2) is 0 Å². The monoisotopic (exact) mass is 1020 g/mol. The molecule has 5 nitrogen and oxygen atoms in total. The molecule has 0 aromatic heterocycles. The van der Waals surface area contributed by atoms with Crippen molar-refractivity contribution in [1.29, 1.82) is 0 Å². The van der Waals surface area contributed by atoms with Crippen LogP contribution in [0.3, 0.4) is 0 Å². The van der Waals surface area contributed by atoms with Gasteiger partial charge in [-0.15, -0.1) is 0 Å². The van der Waals surface area contributed by atoms with Gasteiger partial charge in [0.15, 0.2) is 0 Å². The predicted octanol–water partition coefficient (Wildman–Crippen LogP) is 11.0. The molecule has 6 aromatic carbocycles. The van der Waals surface area contributed by atoms with Crippen LogP contribution in [0.4, 0.5) is 0 Å². The quantitative estimate of drug-likeness (QED) is 0.0760. The van der Waals surface area contributed by atoms with Crippen LogP contribution in [-0.4, -0.2) is 63.9 Å². The molecule has 0 fully saturated rings. The zero-order valence-corrected chi connectivity index (χ0v) is 46.2. The summed E-state index contributed by atoms with van der Waals surface area (Å²) in [7, 11) is -14.1. The SMILES string of the molecule is C[Si](C)(C)N=P(/[C](=[Ge](/[N]=[P+](c1ccccc1)c1ccccc1)[O][Si](C)(C)C)P(=N[C](=[Ge])O[Si](C)(C)C)(c1ccccc1)c1ccccc1)(c1ccccc1)c1ccccc1. The molecular weight excluding hydrogens is 961 g/mol. The molecule has 6 aromatic rings. The molecular formula is C47H57Ge2N3O2P3Si3+. The molecule has 0 spiro atoms. The molecule has 0 N–H and O–H groups in total. The molecule has 0 bridgehead atoms. The van der Waals surface area contributed by atoms with E-state index in [0.29, 0.717) is 4.66 Å². The number of hydrogen-bond acceptors (Lipinski definition) is 5. The molecule has 306 valence electrons. The summed E-state index contributed by atoms with van der Waals surface area (Å²) < 4.78 is 36.0. The van der Waals surface area contributed by atoms with Crippen LogP contribution in [0.2, 0.25) is 58.9 Å². The van der Waals surface area contributed by atoms with Crippen LogP contribution in [0.15, 0.2) is 195 Å². The van der Waals surface area contributed by atoms with E-state index < -0.39 is 61.2 Å². The third-order valence-electron chi connectivity index (χ3n) is 9.01. The first-order chi connectivity index (χ1) is 28.5. The first-order valence-electron chi connectivity index (χ1n) is 20.3. The zero-order chi connectivity index (χ0) is 43.0. The second kappa shape index (κ2) is 20.0. The summed E-state index contributed by atoms with van der Waals surface area (Å²) in [4.78, 5) is 0. The second-order valence-corrected chi connectivity index (χ2v) is 46.9. The Labute approximate surface area is 376 Å². The van der Waals surface area contributed by atoms with Crippen molar-refractivity contribution in [2.75, 3.05) is 0 Å². The van der Waals surface area contributed by atoms with Crippen LogP contribution in [0.25, 0.3) is 0 Å². The predicted molar refractivity (Wildman–Crippen MR) is 278 cm³/mol. The third-order valence-corrected chi connectivity index (χ3v) is 39.4. The minimum atomic E-state index is -3.45. The fraction of sp³-hybridized carbons (Fsp3) is 0.191. The molecule has 6 rings (SSSR count). The molecule has 0 heterocycles. The third kappa shape index (κ3) is 11.5. The Hall–Kier alpha value is -3.04. The van der Waals surface area contributed by atoms with E-state index in [1.165, 1.54) is 25.1 Å². The molecule has 60 heavy (non-hydrogen) atoms. The summed E-state index contributed by atoms with van der Waals surface area (Å²) in [5, 5.41) is 7.17. The maximum absolute atomic E-state index is 8.00. The van der Waals surface area contributed by atoms with Crippen molar-refractivity contribution in [2.24, 2.45) is 12.9 Å². The van der Waals surface area contributed by atoms with Crippen molar-refractivity contribution in [3.8, 4) is 0 Å². The molecule has 0 aliphatic rings. The fourth-order valence-electron chi connectivity index (χ4n) is 6.97. The first-order valence-corrected chi connectivity index (χ1v) is 39.3. The second-order valence-electron chi connectivity index (χ2n) is 17.4. The van der Waals surface area contributed by atoms with Gasteiger partial charge in [-0.3, -0.25) is 0 Å². The van der Waals surface area contributed by atoms with Gasteiger partial charge in [0.2, 0.25) is 0 Å². The van der Waals surface area contributed by atoms with Gasteiger partial charge in [0.25, 0.3) is 0 Å². The molecule has 0 aliphatic heterocycles. The summed E-state index contributed by atoms with van der Waals surface area (Å²) in [5.74, 6) is 0. The first kappa shape index (κ1) is 46.5. The molecule has 0 aliphatic carbocycles. The number of nitrogens with zero attached hydrogens (tertiary/aromatic N) is 3. The van der Waals surface area contributed by atoms with Crippen LogP contribution in [0, 0.1) is 0 Å². The topological polar surface area (TPSA) is 55.5 Å². The van der Waals surface area contributed by atoms with E-state index in [1.807, 2.05) is 0 Å². The Bertz CT molecular complexity index is 2440. The van der Waals surface area contributed by atoms with E-state index in [2.05, 4.69) is 257 Å². The van der Waals surface area contributed by atoms with Gasteiger partial charge in [-0.1, -0.05) is 0 Å². The summed E-state index contributed by atoms with van der Waals surface area (Å²) in [5.41, 5.74) is 0. The molecule has 13 heteroatoms. The summed E-state index contributed by atoms with van der Waals surface area (Å²) in [6.07, 6.45) is 0. The van der Waals surface area contributed by atoms with E-state index in [9.17, 15) is 0 Å². The van der Waals surface area contributed by atoms with Gasteiger partial charge in [-0.05, 0) is 0 Å². The normalized spacial score (nSPS) is 12.8. The van der Waals surface area contributed by atoms with E-state index in [4.69, 9.17) is 20.7 Å². The minimum absolute atomic E-state index is 0.707. The number of rotatable bonds is 15. The van der Waals surface area contributed by atoms with Gasteiger partial charge in [-0.2, -0.15) is 0 Å². The molecule has 0 amide bonds.